The first-order valence-electron chi connectivity index (χ1n) is 6.85. The summed E-state index contributed by atoms with van der Waals surface area (Å²) in [6, 6.07) is -0.0324. The van der Waals surface area contributed by atoms with Crippen molar-refractivity contribution in [1.82, 2.24) is 24.7 Å². The second kappa shape index (κ2) is 5.60. The summed E-state index contributed by atoms with van der Waals surface area (Å²) >= 11 is 6.24. The molecule has 0 fully saturated rings. The van der Waals surface area contributed by atoms with Gasteiger partial charge < -0.3 is 9.88 Å². The maximum absolute atomic E-state index is 6.24. The largest absolute Gasteiger partial charge is 0.360 e. The number of aryl methyl sites for hydroxylation is 1. The molecule has 1 atom stereocenters. The molecule has 7 heteroatoms. The van der Waals surface area contributed by atoms with Gasteiger partial charge in [0.05, 0.1) is 6.04 Å². The van der Waals surface area contributed by atoms with E-state index in [1.54, 1.807) is 6.33 Å². The average molecular weight is 309 g/mol. The van der Waals surface area contributed by atoms with Gasteiger partial charge in [0.25, 0.3) is 0 Å². The van der Waals surface area contributed by atoms with Crippen LogP contribution in [0.5, 0.6) is 0 Å². The summed E-state index contributed by atoms with van der Waals surface area (Å²) in [6.07, 6.45) is 1.67. The fraction of sp³-hybridized carbons (Fsp3) is 0.571. The van der Waals surface area contributed by atoms with E-state index in [0.717, 1.165) is 17.2 Å². The average Bonchev–Trinajstić information content (AvgIpc) is 2.79. The quantitative estimate of drug-likeness (QED) is 0.883. The molecule has 2 heterocycles. The topological polar surface area (TPSA) is 68.5 Å². The van der Waals surface area contributed by atoms with E-state index >= 15 is 0 Å². The zero-order chi connectivity index (χ0) is 15.8. The Labute approximate surface area is 130 Å². The standard InChI is InChI=1S/C14H21ClN6/c1-8-10(15)18-13(14(3,4)5)19-11(8)17-9(2)12-20-16-7-21(12)6/h7,9H,1-6H3,(H,17,18,19). The highest BCUT2D eigenvalue weighted by atomic mass is 35.5. The van der Waals surface area contributed by atoms with Crippen LogP contribution in [0.3, 0.4) is 0 Å². The third-order valence-electron chi connectivity index (χ3n) is 3.24. The van der Waals surface area contributed by atoms with Crippen LogP contribution >= 0.6 is 11.6 Å². The second-order valence-corrected chi connectivity index (χ2v) is 6.59. The fourth-order valence-electron chi connectivity index (χ4n) is 1.92. The molecule has 114 valence electrons. The van der Waals surface area contributed by atoms with E-state index in [2.05, 4.69) is 46.3 Å². The second-order valence-electron chi connectivity index (χ2n) is 6.23. The zero-order valence-electron chi connectivity index (χ0n) is 13.3. The van der Waals surface area contributed by atoms with Gasteiger partial charge >= 0.3 is 0 Å². The third kappa shape index (κ3) is 3.32. The number of hydrogen-bond acceptors (Lipinski definition) is 5. The van der Waals surface area contributed by atoms with Gasteiger partial charge in [0, 0.05) is 18.0 Å². The first-order valence-corrected chi connectivity index (χ1v) is 7.23. The van der Waals surface area contributed by atoms with Crippen LogP contribution in [-0.2, 0) is 12.5 Å². The highest BCUT2D eigenvalue weighted by Crippen LogP contribution is 2.27. The van der Waals surface area contributed by atoms with E-state index in [1.165, 1.54) is 0 Å². The zero-order valence-corrected chi connectivity index (χ0v) is 14.0. The molecule has 0 aliphatic heterocycles. The summed E-state index contributed by atoms with van der Waals surface area (Å²) in [5, 5.41) is 11.8. The lowest BCUT2D eigenvalue weighted by Crippen LogP contribution is -2.20. The molecule has 1 N–H and O–H groups in total. The lowest BCUT2D eigenvalue weighted by molar-refractivity contribution is 0.544. The van der Waals surface area contributed by atoms with Crippen molar-refractivity contribution in [3.05, 3.63) is 28.7 Å². The minimum Gasteiger partial charge on any atom is -0.360 e. The Morgan fingerprint density at radius 1 is 1.29 bits per heavy atom. The maximum atomic E-state index is 6.24. The Balaban J connectivity index is 2.36. The lowest BCUT2D eigenvalue weighted by atomic mass is 9.95. The Bertz CT molecular complexity index is 643. The summed E-state index contributed by atoms with van der Waals surface area (Å²) in [5.74, 6) is 2.28. The smallest absolute Gasteiger partial charge is 0.154 e. The first-order chi connectivity index (χ1) is 9.70. The molecule has 2 aromatic heterocycles. The van der Waals surface area contributed by atoms with Crippen molar-refractivity contribution in [2.24, 2.45) is 7.05 Å². The third-order valence-corrected chi connectivity index (χ3v) is 3.61. The molecular weight excluding hydrogens is 288 g/mol. The molecule has 0 aliphatic rings. The van der Waals surface area contributed by atoms with E-state index in [9.17, 15) is 0 Å². The Morgan fingerprint density at radius 2 is 1.95 bits per heavy atom. The van der Waals surface area contributed by atoms with E-state index in [4.69, 9.17) is 11.6 Å². The molecule has 0 aliphatic carbocycles. The van der Waals surface area contributed by atoms with Crippen molar-refractivity contribution in [3.8, 4) is 0 Å². The molecule has 0 aromatic carbocycles. The van der Waals surface area contributed by atoms with Gasteiger partial charge in [-0.1, -0.05) is 32.4 Å². The molecule has 0 radical (unpaired) electrons. The van der Waals surface area contributed by atoms with Crippen molar-refractivity contribution in [3.63, 3.8) is 0 Å². The summed E-state index contributed by atoms with van der Waals surface area (Å²) in [4.78, 5) is 8.99. The van der Waals surface area contributed by atoms with Gasteiger partial charge in [-0.15, -0.1) is 10.2 Å². The van der Waals surface area contributed by atoms with Gasteiger partial charge in [0.15, 0.2) is 5.82 Å². The summed E-state index contributed by atoms with van der Waals surface area (Å²) in [6.45, 7) is 10.1. The molecular formula is C14H21ClN6. The first kappa shape index (κ1) is 15.7. The van der Waals surface area contributed by atoms with E-state index in [-0.39, 0.29) is 11.5 Å². The Kier molecular flexibility index (Phi) is 4.18. The van der Waals surface area contributed by atoms with E-state index < -0.39 is 0 Å². The Morgan fingerprint density at radius 3 is 2.48 bits per heavy atom. The van der Waals surface area contributed by atoms with Crippen molar-refractivity contribution in [2.75, 3.05) is 5.32 Å². The number of nitrogens with one attached hydrogen (secondary N) is 1. The van der Waals surface area contributed by atoms with Gasteiger partial charge in [-0.05, 0) is 13.8 Å². The Hall–Kier alpha value is -1.69. The van der Waals surface area contributed by atoms with Gasteiger partial charge in [-0.3, -0.25) is 0 Å². The van der Waals surface area contributed by atoms with Crippen LogP contribution < -0.4 is 5.32 Å². The minimum absolute atomic E-state index is 0.0324. The van der Waals surface area contributed by atoms with Crippen LogP contribution in [-0.4, -0.2) is 24.7 Å². The highest BCUT2D eigenvalue weighted by Gasteiger charge is 2.22. The number of aromatic nitrogens is 5. The van der Waals surface area contributed by atoms with E-state index in [0.29, 0.717) is 11.0 Å². The summed E-state index contributed by atoms with van der Waals surface area (Å²) < 4.78 is 1.88. The van der Waals surface area contributed by atoms with E-state index in [1.807, 2.05) is 25.5 Å². The van der Waals surface area contributed by atoms with Gasteiger partial charge in [-0.25, -0.2) is 9.97 Å². The van der Waals surface area contributed by atoms with Crippen LogP contribution in [0.2, 0.25) is 5.15 Å². The number of anilines is 1. The number of halogens is 1. The molecule has 0 saturated heterocycles. The monoisotopic (exact) mass is 308 g/mol. The van der Waals surface area contributed by atoms with Crippen LogP contribution in [0.1, 0.15) is 50.9 Å². The van der Waals surface area contributed by atoms with Gasteiger partial charge in [-0.2, -0.15) is 0 Å². The van der Waals surface area contributed by atoms with Crippen LogP contribution in [0.25, 0.3) is 0 Å². The summed E-state index contributed by atoms with van der Waals surface area (Å²) in [7, 11) is 1.91. The van der Waals surface area contributed by atoms with Crippen molar-refractivity contribution in [1.29, 1.82) is 0 Å². The maximum Gasteiger partial charge on any atom is 0.154 e. The van der Waals surface area contributed by atoms with Crippen molar-refractivity contribution >= 4 is 17.4 Å². The highest BCUT2D eigenvalue weighted by molar-refractivity contribution is 6.30. The fourth-order valence-corrected chi connectivity index (χ4v) is 2.09. The van der Waals surface area contributed by atoms with Crippen molar-refractivity contribution in [2.45, 2.75) is 46.1 Å². The molecule has 2 aromatic rings. The van der Waals surface area contributed by atoms with Crippen LogP contribution in [0.15, 0.2) is 6.33 Å². The molecule has 1 unspecified atom stereocenters. The molecule has 6 nitrogen and oxygen atoms in total. The normalized spacial score (nSPS) is 13.3. The minimum atomic E-state index is -0.165. The number of nitrogens with zero attached hydrogens (tertiary/aromatic N) is 5. The SMILES string of the molecule is Cc1c(Cl)nc(C(C)(C)C)nc1NC(C)c1nncn1C. The lowest BCUT2D eigenvalue weighted by Gasteiger charge is -2.21. The molecule has 0 bridgehead atoms. The van der Waals surface area contributed by atoms with Crippen LogP contribution in [0, 0.1) is 6.92 Å². The predicted molar refractivity (Wildman–Crippen MR) is 83.5 cm³/mol. The van der Waals surface area contributed by atoms with Gasteiger partial charge in [0.1, 0.15) is 23.1 Å². The van der Waals surface area contributed by atoms with Crippen molar-refractivity contribution < 1.29 is 0 Å². The molecule has 0 spiro atoms. The molecule has 0 amide bonds. The molecule has 21 heavy (non-hydrogen) atoms. The number of hydrogen-bond donors (Lipinski definition) is 1. The van der Waals surface area contributed by atoms with Gasteiger partial charge in [0.2, 0.25) is 0 Å². The molecule has 2 rings (SSSR count). The predicted octanol–water partition coefficient (Wildman–Crippen LogP) is 3.04. The van der Waals surface area contributed by atoms with Crippen LogP contribution in [0.4, 0.5) is 5.82 Å². The summed E-state index contributed by atoms with van der Waals surface area (Å²) in [5.41, 5.74) is 0.667. The number of rotatable bonds is 3. The molecule has 0 saturated carbocycles.